The summed E-state index contributed by atoms with van der Waals surface area (Å²) in [5.74, 6) is 0.0399. The van der Waals surface area contributed by atoms with Gasteiger partial charge in [-0.25, -0.2) is 25.9 Å². The first-order valence-electron chi connectivity index (χ1n) is 7.46. The Kier molecular flexibility index (Phi) is 5.45. The predicted octanol–water partition coefficient (Wildman–Crippen LogP) is 1.03. The molecule has 8 heteroatoms. The Morgan fingerprint density at radius 3 is 2.38 bits per heavy atom. The Morgan fingerprint density at radius 1 is 1.10 bits per heavy atom. The van der Waals surface area contributed by atoms with Crippen molar-refractivity contribution in [1.29, 1.82) is 0 Å². The van der Waals surface area contributed by atoms with Crippen LogP contribution in [0.25, 0.3) is 0 Å². The number of rotatable bonds is 6. The molecule has 2 aliphatic rings. The maximum atomic E-state index is 12.6. The molecule has 0 aromatic heterocycles. The van der Waals surface area contributed by atoms with Gasteiger partial charge in [-0.1, -0.05) is 25.8 Å². The van der Waals surface area contributed by atoms with Gasteiger partial charge in [0.15, 0.2) is 0 Å². The molecule has 1 aliphatic heterocycles. The largest absolute Gasteiger partial charge is 0.233 e. The van der Waals surface area contributed by atoms with Crippen molar-refractivity contribution in [1.82, 2.24) is 9.03 Å². The normalized spacial score (nSPS) is 26.0. The summed E-state index contributed by atoms with van der Waals surface area (Å²) in [6.45, 7) is 4.42. The lowest BCUT2D eigenvalue weighted by atomic mass is 10.0. The maximum absolute atomic E-state index is 12.6. The molecule has 0 aromatic carbocycles. The minimum atomic E-state index is -3.43. The van der Waals surface area contributed by atoms with E-state index in [1.165, 1.54) is 0 Å². The van der Waals surface area contributed by atoms with E-state index >= 15 is 0 Å². The Hall–Kier alpha value is -0.440. The average molecular weight is 336 g/mol. The molecule has 0 spiro atoms. The van der Waals surface area contributed by atoms with Crippen LogP contribution in [0.5, 0.6) is 0 Å². The van der Waals surface area contributed by atoms with Gasteiger partial charge in [-0.3, -0.25) is 0 Å². The first-order chi connectivity index (χ1) is 9.85. The molecule has 1 atom stereocenters. The van der Waals surface area contributed by atoms with Crippen LogP contribution in [0.3, 0.4) is 0 Å². The zero-order valence-corrected chi connectivity index (χ0v) is 13.8. The minimum absolute atomic E-state index is 0.0399. The van der Waals surface area contributed by atoms with Gasteiger partial charge in [-0.2, -0.15) is 0 Å². The van der Waals surface area contributed by atoms with Gasteiger partial charge < -0.3 is 0 Å². The van der Waals surface area contributed by atoms with Crippen LogP contribution < -0.4 is 4.72 Å². The quantitative estimate of drug-likeness (QED) is 0.785. The second kappa shape index (κ2) is 6.76. The minimum Gasteiger partial charge on any atom is -0.212 e. The molecule has 0 bridgehead atoms. The molecule has 21 heavy (non-hydrogen) atoms. The molecule has 0 aromatic rings. The summed E-state index contributed by atoms with van der Waals surface area (Å²) in [5.41, 5.74) is 0. The summed E-state index contributed by atoms with van der Waals surface area (Å²) < 4.78 is 51.8. The van der Waals surface area contributed by atoms with E-state index in [1.807, 2.05) is 0 Å². The van der Waals surface area contributed by atoms with Gasteiger partial charge in [0.2, 0.25) is 20.0 Å². The summed E-state index contributed by atoms with van der Waals surface area (Å²) in [6, 6.07) is 0. The second-order valence-corrected chi connectivity index (χ2v) is 9.80. The monoisotopic (exact) mass is 336 g/mol. The molecule has 2 rings (SSSR count). The third-order valence-electron chi connectivity index (χ3n) is 4.37. The fourth-order valence-electron chi connectivity index (χ4n) is 3.06. The molecular weight excluding hydrogens is 312 g/mol. The number of hydrogen-bond donors (Lipinski definition) is 1. The van der Waals surface area contributed by atoms with Crippen LogP contribution in [-0.2, 0) is 20.0 Å². The van der Waals surface area contributed by atoms with Crippen LogP contribution in [0.1, 0.15) is 38.5 Å². The summed E-state index contributed by atoms with van der Waals surface area (Å²) >= 11 is 0. The fraction of sp³-hybridized carbons (Fsp3) is 0.846. The van der Waals surface area contributed by atoms with Crippen molar-refractivity contribution in [3.8, 4) is 0 Å². The van der Waals surface area contributed by atoms with Crippen molar-refractivity contribution in [3.05, 3.63) is 12.0 Å². The third kappa shape index (κ3) is 4.28. The molecule has 0 unspecified atom stereocenters. The van der Waals surface area contributed by atoms with E-state index < -0.39 is 20.0 Å². The molecule has 0 amide bonds. The van der Waals surface area contributed by atoms with Crippen LogP contribution in [0.15, 0.2) is 12.0 Å². The predicted molar refractivity (Wildman–Crippen MR) is 82.6 cm³/mol. The fourth-order valence-corrected chi connectivity index (χ4v) is 5.78. The Morgan fingerprint density at radius 2 is 1.76 bits per heavy atom. The van der Waals surface area contributed by atoms with Crippen molar-refractivity contribution in [3.63, 3.8) is 0 Å². The first kappa shape index (κ1) is 16.9. The lowest BCUT2D eigenvalue weighted by Crippen LogP contribution is -2.39. The highest BCUT2D eigenvalue weighted by atomic mass is 32.2. The number of hydrogen-bond acceptors (Lipinski definition) is 4. The van der Waals surface area contributed by atoms with Crippen molar-refractivity contribution >= 4 is 20.0 Å². The van der Waals surface area contributed by atoms with E-state index in [2.05, 4.69) is 11.3 Å². The number of nitrogens with zero attached hydrogens (tertiary/aromatic N) is 1. The molecule has 2 fully saturated rings. The summed E-state index contributed by atoms with van der Waals surface area (Å²) in [4.78, 5) is 0. The first-order valence-corrected chi connectivity index (χ1v) is 10.5. The zero-order valence-electron chi connectivity index (χ0n) is 12.2. The number of sulfonamides is 2. The topological polar surface area (TPSA) is 83.6 Å². The van der Waals surface area contributed by atoms with E-state index in [0.717, 1.165) is 37.5 Å². The van der Waals surface area contributed by atoms with Gasteiger partial charge in [0.1, 0.15) is 0 Å². The summed E-state index contributed by atoms with van der Waals surface area (Å²) in [6.07, 6.45) is 5.31. The van der Waals surface area contributed by atoms with Crippen molar-refractivity contribution in [2.75, 3.05) is 19.6 Å². The van der Waals surface area contributed by atoms with Crippen LogP contribution >= 0.6 is 0 Å². The average Bonchev–Trinajstić information content (AvgIpc) is 2.96. The second-order valence-electron chi connectivity index (χ2n) is 5.88. The Balaban J connectivity index is 1.90. The van der Waals surface area contributed by atoms with Gasteiger partial charge in [-0.15, -0.1) is 0 Å². The zero-order chi connectivity index (χ0) is 15.5. The van der Waals surface area contributed by atoms with Gasteiger partial charge >= 0.3 is 0 Å². The highest BCUT2D eigenvalue weighted by molar-refractivity contribution is 7.92. The lowest BCUT2D eigenvalue weighted by Gasteiger charge is -2.27. The smallest absolute Gasteiger partial charge is 0.212 e. The third-order valence-corrected chi connectivity index (χ3v) is 7.75. The van der Waals surface area contributed by atoms with E-state index in [9.17, 15) is 16.8 Å². The van der Waals surface area contributed by atoms with Gasteiger partial charge in [0.05, 0.1) is 5.25 Å². The van der Waals surface area contributed by atoms with Crippen LogP contribution in [-0.4, -0.2) is 46.0 Å². The molecule has 0 radical (unpaired) electrons. The Bertz CT molecular complexity index is 565. The summed E-state index contributed by atoms with van der Waals surface area (Å²) in [5, 5.41) is 0.633. The highest BCUT2D eigenvalue weighted by Gasteiger charge is 2.37. The molecule has 6 nitrogen and oxygen atoms in total. The molecule has 1 saturated carbocycles. The highest BCUT2D eigenvalue weighted by Crippen LogP contribution is 2.29. The Labute approximate surface area is 127 Å². The standard InChI is InChI=1S/C13H24N2O4S2/c1-2-20(16,17)14-10-12-8-9-15(11-12)21(18,19)13-6-4-3-5-7-13/h2,12-14H,1,3-11H2/t12-/m1/s1. The maximum Gasteiger partial charge on any atom is 0.233 e. The molecular formula is C13H24N2O4S2. The van der Waals surface area contributed by atoms with Gasteiger partial charge in [-0.05, 0) is 25.2 Å². The molecule has 122 valence electrons. The van der Waals surface area contributed by atoms with E-state index in [4.69, 9.17) is 0 Å². The van der Waals surface area contributed by atoms with E-state index in [-0.39, 0.29) is 17.7 Å². The van der Waals surface area contributed by atoms with Crippen LogP contribution in [0.2, 0.25) is 0 Å². The van der Waals surface area contributed by atoms with Gasteiger partial charge in [0.25, 0.3) is 0 Å². The molecule has 1 heterocycles. The number of nitrogens with one attached hydrogen (secondary N) is 1. The SMILES string of the molecule is C=CS(=O)(=O)NC[C@H]1CCN(S(=O)(=O)C2CCCCC2)C1. The van der Waals surface area contributed by atoms with E-state index in [0.29, 0.717) is 19.5 Å². The van der Waals surface area contributed by atoms with E-state index in [1.54, 1.807) is 4.31 Å². The molecule has 1 saturated heterocycles. The van der Waals surface area contributed by atoms with Crippen molar-refractivity contribution in [2.24, 2.45) is 5.92 Å². The van der Waals surface area contributed by atoms with Crippen molar-refractivity contribution < 1.29 is 16.8 Å². The lowest BCUT2D eigenvalue weighted by molar-refractivity contribution is 0.418. The molecule has 1 N–H and O–H groups in total. The van der Waals surface area contributed by atoms with Crippen molar-refractivity contribution in [2.45, 2.75) is 43.8 Å². The summed E-state index contributed by atoms with van der Waals surface area (Å²) in [7, 11) is -6.65. The molecule has 1 aliphatic carbocycles. The van der Waals surface area contributed by atoms with Crippen LogP contribution in [0, 0.1) is 5.92 Å². The van der Waals surface area contributed by atoms with Gasteiger partial charge in [0, 0.05) is 25.0 Å². The van der Waals surface area contributed by atoms with Crippen LogP contribution in [0.4, 0.5) is 0 Å².